The fourth-order valence-electron chi connectivity index (χ4n) is 6.97. The van der Waals surface area contributed by atoms with Crippen molar-refractivity contribution in [3.63, 3.8) is 0 Å². The van der Waals surface area contributed by atoms with Crippen LogP contribution < -0.4 is 10.2 Å². The van der Waals surface area contributed by atoms with E-state index in [1.54, 1.807) is 0 Å². The van der Waals surface area contributed by atoms with Gasteiger partial charge in [-0.1, -0.05) is 191 Å². The first kappa shape index (κ1) is 60.7. The molecule has 1 amide bonds. The fourth-order valence-corrected chi connectivity index (χ4v) is 7.69. The number of nitrogens with zero attached hydrogens (tertiary/aromatic N) is 1. The monoisotopic (exact) mass is 905 g/mol. The molecule has 0 aromatic heterocycles. The molecular formula is C53H97N2O7P. The van der Waals surface area contributed by atoms with E-state index in [-0.39, 0.29) is 24.9 Å². The van der Waals surface area contributed by atoms with Gasteiger partial charge in [-0.05, 0) is 70.3 Å². The van der Waals surface area contributed by atoms with Crippen LogP contribution in [0.5, 0.6) is 0 Å². The van der Waals surface area contributed by atoms with Crippen molar-refractivity contribution in [2.75, 3.05) is 40.9 Å². The van der Waals surface area contributed by atoms with Crippen LogP contribution in [0.3, 0.4) is 0 Å². The lowest BCUT2D eigenvalue weighted by Crippen LogP contribution is -2.47. The second-order valence-electron chi connectivity index (χ2n) is 18.3. The molecule has 0 heterocycles. The maximum Gasteiger partial charge on any atom is 0.306 e. The quantitative estimate of drug-likeness (QED) is 0.0162. The predicted octanol–water partition coefficient (Wildman–Crippen LogP) is 14.1. The maximum atomic E-state index is 13.4. The molecule has 3 atom stereocenters. The Hall–Kier alpha value is -2.29. The molecule has 63 heavy (non-hydrogen) atoms. The average molecular weight is 905 g/mol. The van der Waals surface area contributed by atoms with Gasteiger partial charge in [0.2, 0.25) is 5.91 Å². The lowest BCUT2D eigenvalue weighted by atomic mass is 10.0. The summed E-state index contributed by atoms with van der Waals surface area (Å²) in [4.78, 5) is 39.6. The van der Waals surface area contributed by atoms with Crippen LogP contribution in [0.4, 0.5) is 0 Å². The molecule has 0 aliphatic heterocycles. The van der Waals surface area contributed by atoms with Crippen LogP contribution in [0.1, 0.15) is 213 Å². The Labute approximate surface area is 388 Å². The minimum Gasteiger partial charge on any atom is -0.756 e. The van der Waals surface area contributed by atoms with Crippen LogP contribution >= 0.6 is 7.82 Å². The first-order chi connectivity index (χ1) is 30.4. The smallest absolute Gasteiger partial charge is 0.306 e. The maximum absolute atomic E-state index is 13.4. The van der Waals surface area contributed by atoms with E-state index in [0.29, 0.717) is 23.9 Å². The molecule has 366 valence electrons. The molecule has 0 fully saturated rings. The molecule has 0 aromatic rings. The highest BCUT2D eigenvalue weighted by Crippen LogP contribution is 2.38. The number of hydrogen-bond donors (Lipinski definition) is 1. The number of carbonyl (C=O) groups is 2. The summed E-state index contributed by atoms with van der Waals surface area (Å²) in [6.45, 7) is 6.63. The Morgan fingerprint density at radius 3 is 1.60 bits per heavy atom. The third kappa shape index (κ3) is 44.7. The highest BCUT2D eigenvalue weighted by atomic mass is 31.2. The number of nitrogens with one attached hydrogen (secondary N) is 1. The number of carbonyl (C=O) groups excluding carboxylic acids is 2. The number of likely N-dealkylation sites (N-methyl/N-ethyl adjacent to an activating group) is 1. The highest BCUT2D eigenvalue weighted by Gasteiger charge is 2.27. The Balaban J connectivity index is 5.51. The number of quaternary nitrogens is 1. The van der Waals surface area contributed by atoms with Gasteiger partial charge in [-0.3, -0.25) is 14.2 Å². The van der Waals surface area contributed by atoms with Crippen LogP contribution in [-0.2, 0) is 27.9 Å². The Bertz CT molecular complexity index is 1270. The van der Waals surface area contributed by atoms with Gasteiger partial charge < -0.3 is 28.5 Å². The second-order valence-corrected chi connectivity index (χ2v) is 19.8. The van der Waals surface area contributed by atoms with E-state index in [2.05, 4.69) is 68.6 Å². The molecule has 10 heteroatoms. The van der Waals surface area contributed by atoms with Crippen molar-refractivity contribution in [1.82, 2.24) is 5.32 Å². The zero-order valence-electron chi connectivity index (χ0n) is 41.5. The number of hydrogen-bond acceptors (Lipinski definition) is 7. The molecule has 0 bridgehead atoms. The van der Waals surface area contributed by atoms with Crippen LogP contribution in [-0.4, -0.2) is 69.4 Å². The van der Waals surface area contributed by atoms with Crippen molar-refractivity contribution in [1.29, 1.82) is 0 Å². The minimum atomic E-state index is -4.69. The summed E-state index contributed by atoms with van der Waals surface area (Å²) in [7, 11) is 1.16. The van der Waals surface area contributed by atoms with Crippen LogP contribution in [0.15, 0.2) is 60.8 Å². The summed E-state index contributed by atoms with van der Waals surface area (Å²) in [5.41, 5.74) is 0. The van der Waals surface area contributed by atoms with Gasteiger partial charge in [-0.15, -0.1) is 0 Å². The van der Waals surface area contributed by atoms with E-state index in [1.807, 2.05) is 39.4 Å². The third-order valence-corrected chi connectivity index (χ3v) is 12.0. The first-order valence-corrected chi connectivity index (χ1v) is 27.1. The van der Waals surface area contributed by atoms with E-state index >= 15 is 0 Å². The molecule has 3 unspecified atom stereocenters. The van der Waals surface area contributed by atoms with Crippen LogP contribution in [0.2, 0.25) is 0 Å². The van der Waals surface area contributed by atoms with Gasteiger partial charge in [-0.25, -0.2) is 0 Å². The second kappa shape index (κ2) is 43.6. The summed E-state index contributed by atoms with van der Waals surface area (Å²) in [5.74, 6) is -0.580. The Kier molecular flexibility index (Phi) is 42.0. The number of ether oxygens (including phenoxy) is 1. The molecule has 0 saturated heterocycles. The molecule has 0 aliphatic carbocycles. The van der Waals surface area contributed by atoms with E-state index in [4.69, 9.17) is 13.8 Å². The van der Waals surface area contributed by atoms with E-state index in [1.165, 1.54) is 70.6 Å². The zero-order valence-corrected chi connectivity index (χ0v) is 42.4. The normalized spacial score (nSPS) is 14.5. The molecule has 0 rings (SSSR count). The lowest BCUT2D eigenvalue weighted by Gasteiger charge is -2.30. The van der Waals surface area contributed by atoms with Crippen molar-refractivity contribution in [2.24, 2.45) is 0 Å². The molecule has 9 nitrogen and oxygen atoms in total. The Morgan fingerprint density at radius 1 is 0.571 bits per heavy atom. The third-order valence-electron chi connectivity index (χ3n) is 11.0. The largest absolute Gasteiger partial charge is 0.756 e. The van der Waals surface area contributed by atoms with Crippen molar-refractivity contribution < 1.29 is 37.3 Å². The summed E-state index contributed by atoms with van der Waals surface area (Å²) in [6.07, 6.45) is 51.9. The highest BCUT2D eigenvalue weighted by molar-refractivity contribution is 7.45. The van der Waals surface area contributed by atoms with Gasteiger partial charge in [0.05, 0.1) is 33.8 Å². The average Bonchev–Trinajstić information content (AvgIpc) is 3.23. The van der Waals surface area contributed by atoms with E-state index < -0.39 is 26.6 Å². The summed E-state index contributed by atoms with van der Waals surface area (Å²) in [6, 6.07) is -0.899. The number of esters is 1. The van der Waals surface area contributed by atoms with E-state index in [9.17, 15) is 19.0 Å². The van der Waals surface area contributed by atoms with Gasteiger partial charge in [-0.2, -0.15) is 0 Å². The number of amides is 1. The number of phosphoric acid groups is 1. The van der Waals surface area contributed by atoms with Crippen molar-refractivity contribution >= 4 is 19.7 Å². The molecule has 1 N–H and O–H groups in total. The topological polar surface area (TPSA) is 114 Å². The molecule has 0 spiro atoms. The summed E-state index contributed by atoms with van der Waals surface area (Å²) < 4.78 is 30.1. The number of allylic oxidation sites excluding steroid dienone is 9. The van der Waals surface area contributed by atoms with Crippen molar-refractivity contribution in [2.45, 2.75) is 226 Å². The molecule has 0 aliphatic rings. The Morgan fingerprint density at radius 2 is 1.05 bits per heavy atom. The summed E-state index contributed by atoms with van der Waals surface area (Å²) in [5, 5.41) is 2.99. The zero-order chi connectivity index (χ0) is 46.5. The molecule has 0 aromatic carbocycles. The van der Waals surface area contributed by atoms with Crippen LogP contribution in [0, 0.1) is 0 Å². The molecular weight excluding hydrogens is 808 g/mol. The van der Waals surface area contributed by atoms with Gasteiger partial charge in [0, 0.05) is 12.8 Å². The first-order valence-electron chi connectivity index (χ1n) is 25.6. The molecule has 0 saturated carbocycles. The number of unbranched alkanes of at least 4 members (excludes halogenated alkanes) is 23. The van der Waals surface area contributed by atoms with Gasteiger partial charge >= 0.3 is 5.97 Å². The summed E-state index contributed by atoms with van der Waals surface area (Å²) >= 11 is 0. The molecule has 0 radical (unpaired) electrons. The van der Waals surface area contributed by atoms with Gasteiger partial charge in [0.15, 0.2) is 0 Å². The fraction of sp³-hybridized carbons (Fsp3) is 0.774. The number of rotatable bonds is 45. The lowest BCUT2D eigenvalue weighted by molar-refractivity contribution is -0.870. The standard InChI is InChI=1S/C53H97N2O7P/c1-7-10-13-16-19-22-25-27-30-32-35-38-41-44-51(62-53(57)46-43-40-37-34-31-28-26-23-20-17-14-11-8-2)50(49-61-63(58,59)60-48-47-55(4,5)6)54-52(56)45-42-39-36-33-29-24-21-18-15-12-9-3/h11,14,17-18,20-21,23,26,41,44,50-51H,7-10,12-13,15-16,19,22,24-25,27-40,42-43,45-49H2,1-6H3,(H-,54,56,58,59)/b14-11+,20-17+,21-18-,26-23-,44-41+. The van der Waals surface area contributed by atoms with Crippen molar-refractivity contribution in [3.05, 3.63) is 60.8 Å². The van der Waals surface area contributed by atoms with Gasteiger partial charge in [0.1, 0.15) is 19.3 Å². The predicted molar refractivity (Wildman–Crippen MR) is 265 cm³/mol. The van der Waals surface area contributed by atoms with Crippen molar-refractivity contribution in [3.8, 4) is 0 Å². The minimum absolute atomic E-state index is 0.0291. The SMILES string of the molecule is CC/C=C/C=C/C=C\CCCCCCCC(=O)OC(/C=C/CCCCCCCCCCCCC)C(COP(=O)([O-])OCC[N+](C)(C)C)NC(=O)CCCCCCC/C=C\CCCC. The van der Waals surface area contributed by atoms with Crippen LogP contribution in [0.25, 0.3) is 0 Å². The van der Waals surface area contributed by atoms with E-state index in [0.717, 1.165) is 103 Å². The number of phosphoric ester groups is 1. The van der Waals surface area contributed by atoms with Gasteiger partial charge in [0.25, 0.3) is 7.82 Å².